The van der Waals surface area contributed by atoms with Gasteiger partial charge in [0.25, 0.3) is 5.69 Å². The zero-order valence-corrected chi connectivity index (χ0v) is 15.1. The number of nitro benzene ring substituents is 1. The van der Waals surface area contributed by atoms with Gasteiger partial charge in [0.15, 0.2) is 0 Å². The SMILES string of the molecule is O=C(CSCc1cccc(Cl)c1)N/N=C\c1cc([N+](=O)[O-])ccc1Cl. The van der Waals surface area contributed by atoms with Gasteiger partial charge in [-0.05, 0) is 23.8 Å². The van der Waals surface area contributed by atoms with Crippen molar-refractivity contribution in [3.8, 4) is 0 Å². The van der Waals surface area contributed by atoms with E-state index < -0.39 is 4.92 Å². The fourth-order valence-corrected chi connectivity index (χ4v) is 2.98. The normalized spacial score (nSPS) is 10.8. The highest BCUT2D eigenvalue weighted by molar-refractivity contribution is 7.99. The Morgan fingerprint density at radius 3 is 2.80 bits per heavy atom. The third-order valence-corrected chi connectivity index (χ3v) is 4.56. The lowest BCUT2D eigenvalue weighted by Crippen LogP contribution is -2.19. The summed E-state index contributed by atoms with van der Waals surface area (Å²) in [4.78, 5) is 21.9. The van der Waals surface area contributed by atoms with Gasteiger partial charge in [-0.2, -0.15) is 5.10 Å². The summed E-state index contributed by atoms with van der Waals surface area (Å²) >= 11 is 13.3. The number of carbonyl (C=O) groups excluding carboxylic acids is 1. The van der Waals surface area contributed by atoms with Crippen LogP contribution in [0.3, 0.4) is 0 Å². The van der Waals surface area contributed by atoms with E-state index in [1.54, 1.807) is 6.07 Å². The number of carbonyl (C=O) groups is 1. The molecule has 0 atom stereocenters. The molecular formula is C16H13Cl2N3O3S. The van der Waals surface area contributed by atoms with Crippen LogP contribution in [-0.2, 0) is 10.5 Å². The fourth-order valence-electron chi connectivity index (χ4n) is 1.84. The number of halogens is 2. The van der Waals surface area contributed by atoms with E-state index >= 15 is 0 Å². The van der Waals surface area contributed by atoms with Crippen LogP contribution in [-0.4, -0.2) is 22.8 Å². The number of rotatable bonds is 7. The Morgan fingerprint density at radius 2 is 2.08 bits per heavy atom. The van der Waals surface area contributed by atoms with Crippen LogP contribution in [0.25, 0.3) is 0 Å². The maximum absolute atomic E-state index is 11.7. The van der Waals surface area contributed by atoms with E-state index in [0.29, 0.717) is 21.4 Å². The van der Waals surface area contributed by atoms with Gasteiger partial charge in [-0.25, -0.2) is 5.43 Å². The van der Waals surface area contributed by atoms with E-state index in [0.717, 1.165) is 5.56 Å². The van der Waals surface area contributed by atoms with Crippen molar-refractivity contribution in [2.45, 2.75) is 5.75 Å². The first-order valence-electron chi connectivity index (χ1n) is 7.04. The number of thioether (sulfide) groups is 1. The molecular weight excluding hydrogens is 385 g/mol. The zero-order chi connectivity index (χ0) is 18.2. The van der Waals surface area contributed by atoms with Gasteiger partial charge in [0.2, 0.25) is 5.91 Å². The summed E-state index contributed by atoms with van der Waals surface area (Å²) < 4.78 is 0. The molecule has 0 saturated heterocycles. The third-order valence-electron chi connectivity index (χ3n) is 2.97. The first kappa shape index (κ1) is 19.2. The minimum absolute atomic E-state index is 0.103. The number of hydrogen-bond acceptors (Lipinski definition) is 5. The molecule has 0 aliphatic rings. The van der Waals surface area contributed by atoms with Gasteiger partial charge in [0.1, 0.15) is 0 Å². The highest BCUT2D eigenvalue weighted by Crippen LogP contribution is 2.20. The minimum atomic E-state index is -0.529. The topological polar surface area (TPSA) is 84.6 Å². The Labute approximate surface area is 158 Å². The smallest absolute Gasteiger partial charge is 0.270 e. The van der Waals surface area contributed by atoms with Crippen molar-refractivity contribution >= 4 is 52.8 Å². The third kappa shape index (κ3) is 6.38. The standard InChI is InChI=1S/C16H13Cl2N3O3S/c17-13-3-1-2-11(6-13)9-25-10-16(22)20-19-8-12-7-14(21(23)24)4-5-15(12)18/h1-8H,9-10H2,(H,20,22)/b19-8-. The van der Waals surface area contributed by atoms with Gasteiger partial charge >= 0.3 is 0 Å². The number of non-ortho nitro benzene ring substituents is 1. The summed E-state index contributed by atoms with van der Waals surface area (Å²) in [6.45, 7) is 0. The molecule has 6 nitrogen and oxygen atoms in total. The van der Waals surface area contributed by atoms with Crippen molar-refractivity contribution in [2.75, 3.05) is 5.75 Å². The van der Waals surface area contributed by atoms with Gasteiger partial charge in [0.05, 0.1) is 16.9 Å². The van der Waals surface area contributed by atoms with Gasteiger partial charge in [-0.1, -0.05) is 35.3 Å². The highest BCUT2D eigenvalue weighted by Gasteiger charge is 2.08. The minimum Gasteiger partial charge on any atom is -0.272 e. The Morgan fingerprint density at radius 1 is 1.28 bits per heavy atom. The fraction of sp³-hybridized carbons (Fsp3) is 0.125. The van der Waals surface area contributed by atoms with Gasteiger partial charge in [-0.15, -0.1) is 11.8 Å². The molecule has 0 aliphatic carbocycles. The van der Waals surface area contributed by atoms with Crippen molar-refractivity contribution in [3.63, 3.8) is 0 Å². The molecule has 0 radical (unpaired) electrons. The predicted octanol–water partition coefficient (Wildman–Crippen LogP) is 4.29. The van der Waals surface area contributed by atoms with Crippen molar-refractivity contribution in [3.05, 3.63) is 73.8 Å². The van der Waals surface area contributed by atoms with Crippen LogP contribution in [0.5, 0.6) is 0 Å². The van der Waals surface area contributed by atoms with E-state index in [1.165, 1.54) is 36.2 Å². The van der Waals surface area contributed by atoms with Crippen molar-refractivity contribution in [1.29, 1.82) is 0 Å². The Bertz CT molecular complexity index is 815. The monoisotopic (exact) mass is 397 g/mol. The van der Waals surface area contributed by atoms with Crippen LogP contribution in [0.1, 0.15) is 11.1 Å². The van der Waals surface area contributed by atoms with Crippen LogP contribution < -0.4 is 5.43 Å². The molecule has 9 heteroatoms. The Balaban J connectivity index is 1.82. The van der Waals surface area contributed by atoms with Crippen LogP contribution in [0.2, 0.25) is 10.0 Å². The largest absolute Gasteiger partial charge is 0.272 e. The predicted molar refractivity (Wildman–Crippen MR) is 101 cm³/mol. The number of nitrogens with zero attached hydrogens (tertiary/aromatic N) is 2. The number of benzene rings is 2. The second-order valence-electron chi connectivity index (χ2n) is 4.88. The summed E-state index contributed by atoms with van der Waals surface area (Å²) in [5.74, 6) is 0.575. The number of nitrogens with one attached hydrogen (secondary N) is 1. The van der Waals surface area contributed by atoms with Gasteiger partial charge in [-0.3, -0.25) is 14.9 Å². The summed E-state index contributed by atoms with van der Waals surface area (Å²) in [6.07, 6.45) is 1.27. The summed E-state index contributed by atoms with van der Waals surface area (Å²) in [7, 11) is 0. The second-order valence-corrected chi connectivity index (χ2v) is 6.71. The number of hydrogen-bond donors (Lipinski definition) is 1. The first-order chi connectivity index (χ1) is 12.0. The molecule has 0 unspecified atom stereocenters. The summed E-state index contributed by atoms with van der Waals surface area (Å²) in [5.41, 5.74) is 3.63. The van der Waals surface area contributed by atoms with Crippen molar-refractivity contribution in [2.24, 2.45) is 5.10 Å². The van der Waals surface area contributed by atoms with E-state index in [2.05, 4.69) is 10.5 Å². The number of nitro groups is 1. The molecule has 1 N–H and O–H groups in total. The van der Waals surface area contributed by atoms with Crippen LogP contribution in [0.15, 0.2) is 47.6 Å². The Kier molecular flexibility index (Phi) is 7.24. The average molecular weight is 398 g/mol. The molecule has 130 valence electrons. The second kappa shape index (κ2) is 9.41. The van der Waals surface area contributed by atoms with Crippen LogP contribution in [0, 0.1) is 10.1 Å². The summed E-state index contributed by atoms with van der Waals surface area (Å²) in [6, 6.07) is 11.4. The molecule has 0 aliphatic heterocycles. The first-order valence-corrected chi connectivity index (χ1v) is 8.95. The van der Waals surface area contributed by atoms with Crippen LogP contribution in [0.4, 0.5) is 5.69 Å². The van der Waals surface area contributed by atoms with Crippen LogP contribution >= 0.6 is 35.0 Å². The van der Waals surface area contributed by atoms with E-state index in [-0.39, 0.29) is 17.3 Å². The molecule has 1 amide bonds. The molecule has 2 rings (SSSR count). The lowest BCUT2D eigenvalue weighted by molar-refractivity contribution is -0.384. The maximum atomic E-state index is 11.7. The molecule has 0 aromatic heterocycles. The molecule has 0 fully saturated rings. The lowest BCUT2D eigenvalue weighted by Gasteiger charge is -2.02. The molecule has 0 spiro atoms. The molecule has 25 heavy (non-hydrogen) atoms. The average Bonchev–Trinajstić information content (AvgIpc) is 2.56. The number of hydrazone groups is 1. The molecule has 2 aromatic carbocycles. The Hall–Kier alpha value is -2.09. The quantitative estimate of drug-likeness (QED) is 0.429. The molecule has 2 aromatic rings. The zero-order valence-electron chi connectivity index (χ0n) is 12.8. The molecule has 0 bridgehead atoms. The maximum Gasteiger partial charge on any atom is 0.270 e. The van der Waals surface area contributed by atoms with E-state index in [1.807, 2.05) is 18.2 Å². The van der Waals surface area contributed by atoms with Crippen molar-refractivity contribution < 1.29 is 9.72 Å². The summed E-state index contributed by atoms with van der Waals surface area (Å²) in [5, 5.41) is 15.5. The van der Waals surface area contributed by atoms with Gasteiger partial charge < -0.3 is 0 Å². The molecule has 0 saturated carbocycles. The van der Waals surface area contributed by atoms with E-state index in [9.17, 15) is 14.9 Å². The van der Waals surface area contributed by atoms with E-state index in [4.69, 9.17) is 23.2 Å². The molecule has 0 heterocycles. The number of amides is 1. The lowest BCUT2D eigenvalue weighted by atomic mass is 10.2. The van der Waals surface area contributed by atoms with Crippen molar-refractivity contribution in [1.82, 2.24) is 5.43 Å². The van der Waals surface area contributed by atoms with Gasteiger partial charge in [0, 0.05) is 33.5 Å². The highest BCUT2D eigenvalue weighted by atomic mass is 35.5.